The number of nitrogens with zero attached hydrogens (tertiary/aromatic N) is 1. The van der Waals surface area contributed by atoms with Gasteiger partial charge in [0.25, 0.3) is 0 Å². The van der Waals surface area contributed by atoms with Crippen LogP contribution in [-0.4, -0.2) is 12.0 Å². The van der Waals surface area contributed by atoms with Crippen LogP contribution in [-0.2, 0) is 6.42 Å². The second-order valence-corrected chi connectivity index (χ2v) is 4.99. The lowest BCUT2D eigenvalue weighted by molar-refractivity contribution is 0.467. The minimum absolute atomic E-state index is 0.216. The number of hydrogen-bond acceptors (Lipinski definition) is 3. The summed E-state index contributed by atoms with van der Waals surface area (Å²) in [6.07, 6.45) is 2.55. The molecule has 3 nitrogen and oxygen atoms in total. The van der Waals surface area contributed by atoms with Crippen molar-refractivity contribution in [3.63, 3.8) is 0 Å². The average Bonchev–Trinajstić information content (AvgIpc) is 2.97. The molecule has 1 atom stereocenters. The highest BCUT2D eigenvalue weighted by Crippen LogP contribution is 2.26. The molecule has 3 rings (SSSR count). The Kier molecular flexibility index (Phi) is 3.52. The van der Waals surface area contributed by atoms with E-state index in [-0.39, 0.29) is 6.04 Å². The fourth-order valence-electron chi connectivity index (χ4n) is 2.63. The smallest absolute Gasteiger partial charge is 0.105 e. The van der Waals surface area contributed by atoms with Crippen molar-refractivity contribution in [3.05, 3.63) is 65.7 Å². The Morgan fingerprint density at radius 3 is 2.80 bits per heavy atom. The molecule has 102 valence electrons. The Bertz CT molecular complexity index is 704. The molecular formula is C17H18N2O. The third-order valence-corrected chi connectivity index (χ3v) is 3.59. The molecule has 0 bridgehead atoms. The van der Waals surface area contributed by atoms with Gasteiger partial charge in [-0.2, -0.15) is 0 Å². The van der Waals surface area contributed by atoms with Gasteiger partial charge in [0.2, 0.25) is 0 Å². The summed E-state index contributed by atoms with van der Waals surface area (Å²) >= 11 is 0. The fourth-order valence-corrected chi connectivity index (χ4v) is 2.63. The molecule has 0 spiro atoms. The minimum Gasteiger partial charge on any atom is -0.469 e. The summed E-state index contributed by atoms with van der Waals surface area (Å²) < 4.78 is 5.47. The van der Waals surface area contributed by atoms with Crippen molar-refractivity contribution in [2.75, 3.05) is 7.05 Å². The lowest BCUT2D eigenvalue weighted by atomic mass is 9.97. The molecule has 20 heavy (non-hydrogen) atoms. The highest BCUT2D eigenvalue weighted by atomic mass is 16.3. The van der Waals surface area contributed by atoms with Crippen molar-refractivity contribution < 1.29 is 4.42 Å². The first-order valence-corrected chi connectivity index (χ1v) is 6.84. The van der Waals surface area contributed by atoms with E-state index in [0.717, 1.165) is 23.4 Å². The molecule has 0 aliphatic heterocycles. The summed E-state index contributed by atoms with van der Waals surface area (Å²) in [5.41, 5.74) is 3.35. The van der Waals surface area contributed by atoms with Crippen LogP contribution in [0, 0.1) is 6.92 Å². The molecule has 0 radical (unpaired) electrons. The molecule has 0 fully saturated rings. The first kappa shape index (κ1) is 12.9. The van der Waals surface area contributed by atoms with Gasteiger partial charge in [-0.25, -0.2) is 0 Å². The predicted octanol–water partition coefficient (Wildman–Crippen LogP) is 3.64. The van der Waals surface area contributed by atoms with E-state index in [2.05, 4.69) is 34.6 Å². The molecule has 2 heterocycles. The Morgan fingerprint density at radius 2 is 2.05 bits per heavy atom. The van der Waals surface area contributed by atoms with Crippen LogP contribution < -0.4 is 5.32 Å². The molecular weight excluding hydrogens is 248 g/mol. The Labute approximate surface area is 118 Å². The third kappa shape index (κ3) is 2.45. The van der Waals surface area contributed by atoms with Gasteiger partial charge >= 0.3 is 0 Å². The number of fused-ring (bicyclic) bond motifs is 1. The summed E-state index contributed by atoms with van der Waals surface area (Å²) in [4.78, 5) is 4.60. The third-order valence-electron chi connectivity index (χ3n) is 3.59. The maximum Gasteiger partial charge on any atom is 0.105 e. The summed E-state index contributed by atoms with van der Waals surface area (Å²) in [5.74, 6) is 0.989. The van der Waals surface area contributed by atoms with Gasteiger partial charge in [-0.1, -0.05) is 18.2 Å². The zero-order chi connectivity index (χ0) is 13.9. The van der Waals surface area contributed by atoms with E-state index in [0.29, 0.717) is 0 Å². The van der Waals surface area contributed by atoms with E-state index in [1.807, 2.05) is 32.2 Å². The van der Waals surface area contributed by atoms with Crippen molar-refractivity contribution in [1.82, 2.24) is 10.3 Å². The number of aryl methyl sites for hydroxylation is 1. The van der Waals surface area contributed by atoms with Gasteiger partial charge in [0, 0.05) is 23.5 Å². The number of hydrogen-bond donors (Lipinski definition) is 1. The Hall–Kier alpha value is -2.13. The molecule has 1 unspecified atom stereocenters. The molecule has 0 aliphatic rings. The standard InChI is InChI=1S/C17H18N2O/c1-12-10-15(14-7-3-4-8-16(14)19-12)17(18-2)11-13-6-5-9-20-13/h3-10,17-18H,11H2,1-2H3. The molecule has 0 saturated heterocycles. The van der Waals surface area contributed by atoms with Crippen LogP contribution in [0.1, 0.15) is 23.1 Å². The molecule has 3 aromatic rings. The first-order chi connectivity index (χ1) is 9.78. The number of furan rings is 1. The summed E-state index contributed by atoms with van der Waals surface area (Å²) in [6.45, 7) is 2.04. The maximum atomic E-state index is 5.47. The predicted molar refractivity (Wildman–Crippen MR) is 80.7 cm³/mol. The van der Waals surface area contributed by atoms with E-state index >= 15 is 0 Å². The number of pyridine rings is 1. The highest BCUT2D eigenvalue weighted by Gasteiger charge is 2.15. The Balaban J connectivity index is 2.06. The summed E-state index contributed by atoms with van der Waals surface area (Å²) in [6, 6.07) is 14.6. The van der Waals surface area contributed by atoms with E-state index < -0.39 is 0 Å². The second kappa shape index (κ2) is 5.47. The zero-order valence-corrected chi connectivity index (χ0v) is 11.8. The monoisotopic (exact) mass is 266 g/mol. The van der Waals surface area contributed by atoms with Crippen LogP contribution in [0.3, 0.4) is 0 Å². The number of rotatable bonds is 4. The van der Waals surface area contributed by atoms with E-state index in [4.69, 9.17) is 4.42 Å². The molecule has 0 saturated carbocycles. The highest BCUT2D eigenvalue weighted by molar-refractivity contribution is 5.82. The molecule has 1 N–H and O–H groups in total. The maximum absolute atomic E-state index is 5.47. The van der Waals surface area contributed by atoms with Crippen molar-refractivity contribution >= 4 is 10.9 Å². The van der Waals surface area contributed by atoms with Crippen LogP contribution in [0.25, 0.3) is 10.9 Å². The number of para-hydroxylation sites is 1. The molecule has 1 aromatic carbocycles. The summed E-state index contributed by atoms with van der Waals surface area (Å²) in [5, 5.41) is 4.59. The van der Waals surface area contributed by atoms with Crippen LogP contribution >= 0.6 is 0 Å². The topological polar surface area (TPSA) is 38.1 Å². The van der Waals surface area contributed by atoms with Gasteiger partial charge in [0.15, 0.2) is 0 Å². The largest absolute Gasteiger partial charge is 0.469 e. The van der Waals surface area contributed by atoms with Crippen molar-refractivity contribution in [2.24, 2.45) is 0 Å². The minimum atomic E-state index is 0.216. The van der Waals surface area contributed by atoms with Crippen molar-refractivity contribution in [1.29, 1.82) is 0 Å². The van der Waals surface area contributed by atoms with Crippen LogP contribution in [0.5, 0.6) is 0 Å². The van der Waals surface area contributed by atoms with Crippen LogP contribution in [0.15, 0.2) is 53.1 Å². The van der Waals surface area contributed by atoms with Crippen LogP contribution in [0.2, 0.25) is 0 Å². The summed E-state index contributed by atoms with van der Waals surface area (Å²) in [7, 11) is 1.98. The van der Waals surface area contributed by atoms with Gasteiger partial charge in [-0.15, -0.1) is 0 Å². The molecule has 3 heteroatoms. The zero-order valence-electron chi connectivity index (χ0n) is 11.8. The lowest BCUT2D eigenvalue weighted by Crippen LogP contribution is -2.19. The van der Waals surface area contributed by atoms with Gasteiger partial charge in [-0.3, -0.25) is 4.98 Å². The van der Waals surface area contributed by atoms with E-state index in [9.17, 15) is 0 Å². The average molecular weight is 266 g/mol. The van der Waals surface area contributed by atoms with Crippen molar-refractivity contribution in [3.8, 4) is 0 Å². The van der Waals surface area contributed by atoms with Gasteiger partial charge in [-0.05, 0) is 43.8 Å². The Morgan fingerprint density at radius 1 is 1.20 bits per heavy atom. The quantitative estimate of drug-likeness (QED) is 0.783. The molecule has 0 amide bonds. The van der Waals surface area contributed by atoms with E-state index in [1.54, 1.807) is 6.26 Å². The second-order valence-electron chi connectivity index (χ2n) is 4.99. The van der Waals surface area contributed by atoms with E-state index in [1.165, 1.54) is 10.9 Å². The fraction of sp³-hybridized carbons (Fsp3) is 0.235. The lowest BCUT2D eigenvalue weighted by Gasteiger charge is -2.18. The van der Waals surface area contributed by atoms with Gasteiger partial charge < -0.3 is 9.73 Å². The van der Waals surface area contributed by atoms with Gasteiger partial charge in [0.05, 0.1) is 11.8 Å². The molecule has 0 aliphatic carbocycles. The number of likely N-dealkylation sites (N-methyl/N-ethyl adjacent to an activating group) is 1. The first-order valence-electron chi connectivity index (χ1n) is 6.84. The number of aromatic nitrogens is 1. The normalized spacial score (nSPS) is 12.7. The SMILES string of the molecule is CNC(Cc1ccco1)c1cc(C)nc2ccccc12. The van der Waals surface area contributed by atoms with Gasteiger partial charge in [0.1, 0.15) is 5.76 Å². The number of nitrogens with one attached hydrogen (secondary N) is 1. The van der Waals surface area contributed by atoms with Crippen molar-refractivity contribution in [2.45, 2.75) is 19.4 Å². The number of benzene rings is 1. The van der Waals surface area contributed by atoms with Crippen LogP contribution in [0.4, 0.5) is 0 Å². The molecule has 2 aromatic heterocycles.